The SMILES string of the molecule is C/C=C(\Nc1ccc(F)c(Br)c1)C(=O)C1CCN(C(=O)Nc2ccc(NCCO)cc2)CC1. The molecule has 1 aliphatic heterocycles. The number of carbonyl (C=O) groups is 2. The van der Waals surface area contributed by atoms with Crippen LogP contribution in [0.25, 0.3) is 0 Å². The second-order valence-corrected chi connectivity index (χ2v) is 8.59. The molecule has 2 amide bonds. The number of piperidine rings is 1. The summed E-state index contributed by atoms with van der Waals surface area (Å²) in [5, 5.41) is 17.9. The second kappa shape index (κ2) is 11.8. The number of benzene rings is 2. The summed E-state index contributed by atoms with van der Waals surface area (Å²) < 4.78 is 13.8. The molecule has 33 heavy (non-hydrogen) atoms. The number of amides is 2. The van der Waals surface area contributed by atoms with E-state index in [1.54, 1.807) is 42.2 Å². The summed E-state index contributed by atoms with van der Waals surface area (Å²) in [6.45, 7) is 3.26. The lowest BCUT2D eigenvalue weighted by molar-refractivity contribution is -0.120. The monoisotopic (exact) mass is 518 g/mol. The van der Waals surface area contributed by atoms with E-state index in [9.17, 15) is 14.0 Å². The molecule has 0 unspecified atom stereocenters. The number of rotatable bonds is 8. The van der Waals surface area contributed by atoms with Gasteiger partial charge in [-0.25, -0.2) is 9.18 Å². The van der Waals surface area contributed by atoms with Gasteiger partial charge in [-0.05, 0) is 78.2 Å². The molecule has 0 atom stereocenters. The van der Waals surface area contributed by atoms with Crippen molar-refractivity contribution in [3.8, 4) is 0 Å². The first-order chi connectivity index (χ1) is 15.9. The number of ketones is 1. The smallest absolute Gasteiger partial charge is 0.321 e. The molecule has 176 valence electrons. The van der Waals surface area contributed by atoms with Crippen LogP contribution in [0.3, 0.4) is 0 Å². The van der Waals surface area contributed by atoms with Gasteiger partial charge in [0.05, 0.1) is 16.8 Å². The number of aliphatic hydroxyl groups excluding tert-OH is 1. The molecule has 4 N–H and O–H groups in total. The first-order valence-corrected chi connectivity index (χ1v) is 11.6. The molecule has 7 nitrogen and oxygen atoms in total. The zero-order chi connectivity index (χ0) is 23.8. The summed E-state index contributed by atoms with van der Waals surface area (Å²) in [5.74, 6) is -0.564. The molecule has 1 aliphatic rings. The van der Waals surface area contributed by atoms with Gasteiger partial charge in [0, 0.05) is 42.6 Å². The Kier molecular flexibility index (Phi) is 8.85. The van der Waals surface area contributed by atoms with E-state index in [1.165, 1.54) is 6.07 Å². The molecular formula is C24H28BrFN4O3. The van der Waals surface area contributed by atoms with Crippen LogP contribution in [-0.2, 0) is 4.79 Å². The molecule has 0 aromatic heterocycles. The lowest BCUT2D eigenvalue weighted by Gasteiger charge is -2.31. The third-order valence-electron chi connectivity index (χ3n) is 5.48. The Morgan fingerprint density at radius 1 is 1.09 bits per heavy atom. The van der Waals surface area contributed by atoms with Gasteiger partial charge in [0.15, 0.2) is 5.78 Å². The third-order valence-corrected chi connectivity index (χ3v) is 6.09. The fourth-order valence-electron chi connectivity index (χ4n) is 3.64. The predicted octanol–water partition coefficient (Wildman–Crippen LogP) is 4.82. The Balaban J connectivity index is 1.51. The third kappa shape index (κ3) is 6.79. The molecule has 2 aromatic carbocycles. The zero-order valence-corrected chi connectivity index (χ0v) is 20.0. The van der Waals surface area contributed by atoms with Gasteiger partial charge in [0.1, 0.15) is 5.82 Å². The van der Waals surface area contributed by atoms with Crippen LogP contribution >= 0.6 is 15.9 Å². The Labute approximate surface area is 201 Å². The maximum Gasteiger partial charge on any atom is 0.321 e. The average Bonchev–Trinajstić information content (AvgIpc) is 2.84. The molecule has 0 spiro atoms. The summed E-state index contributed by atoms with van der Waals surface area (Å²) in [6, 6.07) is 11.6. The average molecular weight is 519 g/mol. The summed E-state index contributed by atoms with van der Waals surface area (Å²) in [7, 11) is 0. The van der Waals surface area contributed by atoms with Crippen LogP contribution in [0, 0.1) is 11.7 Å². The number of urea groups is 1. The molecule has 9 heteroatoms. The number of halogens is 2. The normalized spacial score (nSPS) is 14.7. The fraction of sp³-hybridized carbons (Fsp3) is 0.333. The number of aliphatic hydroxyl groups is 1. The molecule has 0 radical (unpaired) electrons. The van der Waals surface area contributed by atoms with Crippen molar-refractivity contribution in [2.75, 3.05) is 42.2 Å². The van der Waals surface area contributed by atoms with Crippen molar-refractivity contribution in [3.05, 3.63) is 64.5 Å². The Hall–Kier alpha value is -2.91. The van der Waals surface area contributed by atoms with Crippen molar-refractivity contribution in [2.45, 2.75) is 19.8 Å². The van der Waals surface area contributed by atoms with Gasteiger partial charge >= 0.3 is 6.03 Å². The van der Waals surface area contributed by atoms with E-state index in [0.717, 1.165) is 5.69 Å². The van der Waals surface area contributed by atoms with Crippen LogP contribution in [-0.4, -0.2) is 48.1 Å². The van der Waals surface area contributed by atoms with Gasteiger partial charge in [0.2, 0.25) is 0 Å². The number of nitrogens with zero attached hydrogens (tertiary/aromatic N) is 1. The molecule has 1 heterocycles. The van der Waals surface area contributed by atoms with E-state index >= 15 is 0 Å². The highest BCUT2D eigenvalue weighted by atomic mass is 79.9. The van der Waals surface area contributed by atoms with Crippen molar-refractivity contribution in [1.29, 1.82) is 0 Å². The van der Waals surface area contributed by atoms with Gasteiger partial charge < -0.3 is 26.0 Å². The van der Waals surface area contributed by atoms with E-state index in [1.807, 2.05) is 12.1 Å². The maximum absolute atomic E-state index is 13.5. The largest absolute Gasteiger partial charge is 0.395 e. The van der Waals surface area contributed by atoms with Gasteiger partial charge in [-0.15, -0.1) is 0 Å². The minimum atomic E-state index is -0.367. The number of nitrogens with one attached hydrogen (secondary N) is 3. The van der Waals surface area contributed by atoms with Crippen LogP contribution in [0.1, 0.15) is 19.8 Å². The Bertz CT molecular complexity index is 1010. The van der Waals surface area contributed by atoms with E-state index in [2.05, 4.69) is 31.9 Å². The number of hydrogen-bond acceptors (Lipinski definition) is 5. The Morgan fingerprint density at radius 2 is 1.73 bits per heavy atom. The molecule has 1 fully saturated rings. The van der Waals surface area contributed by atoms with Crippen molar-refractivity contribution in [2.24, 2.45) is 5.92 Å². The Morgan fingerprint density at radius 3 is 2.33 bits per heavy atom. The van der Waals surface area contributed by atoms with Gasteiger partial charge in [-0.2, -0.15) is 0 Å². The fourth-order valence-corrected chi connectivity index (χ4v) is 4.02. The first-order valence-electron chi connectivity index (χ1n) is 10.8. The minimum Gasteiger partial charge on any atom is -0.395 e. The maximum atomic E-state index is 13.5. The number of hydrogen-bond donors (Lipinski definition) is 4. The number of allylic oxidation sites excluding steroid dienone is 2. The molecule has 0 aliphatic carbocycles. The van der Waals surface area contributed by atoms with E-state index in [-0.39, 0.29) is 30.2 Å². The quantitative estimate of drug-likeness (QED) is 0.376. The van der Waals surface area contributed by atoms with Gasteiger partial charge in [0.25, 0.3) is 0 Å². The van der Waals surface area contributed by atoms with E-state index < -0.39 is 0 Å². The van der Waals surface area contributed by atoms with Gasteiger partial charge in [-0.3, -0.25) is 4.79 Å². The van der Waals surface area contributed by atoms with Crippen molar-refractivity contribution < 1.29 is 19.1 Å². The highest BCUT2D eigenvalue weighted by Gasteiger charge is 2.29. The van der Waals surface area contributed by atoms with E-state index in [4.69, 9.17) is 5.11 Å². The van der Waals surface area contributed by atoms with Crippen LogP contribution in [0.2, 0.25) is 0 Å². The highest BCUT2D eigenvalue weighted by molar-refractivity contribution is 9.10. The van der Waals surface area contributed by atoms with Crippen molar-refractivity contribution in [3.63, 3.8) is 0 Å². The molecular weight excluding hydrogens is 491 g/mol. The molecule has 3 rings (SSSR count). The van der Waals surface area contributed by atoms with Crippen LogP contribution in [0.5, 0.6) is 0 Å². The zero-order valence-electron chi connectivity index (χ0n) is 18.4. The number of Topliss-reactive ketones (excluding diaryl/α,β-unsaturated/α-hetero) is 1. The summed E-state index contributed by atoms with van der Waals surface area (Å²) >= 11 is 3.15. The topological polar surface area (TPSA) is 93.7 Å². The molecule has 2 aromatic rings. The minimum absolute atomic E-state index is 0.0102. The lowest BCUT2D eigenvalue weighted by atomic mass is 9.90. The second-order valence-electron chi connectivity index (χ2n) is 7.74. The van der Waals surface area contributed by atoms with Crippen LogP contribution in [0.15, 0.2) is 58.7 Å². The summed E-state index contributed by atoms with van der Waals surface area (Å²) in [5.41, 5.74) is 2.63. The van der Waals surface area contributed by atoms with Crippen molar-refractivity contribution in [1.82, 2.24) is 4.90 Å². The number of likely N-dealkylation sites (tertiary alicyclic amines) is 1. The van der Waals surface area contributed by atoms with Gasteiger partial charge in [-0.1, -0.05) is 6.08 Å². The molecule has 0 saturated carbocycles. The molecule has 1 saturated heterocycles. The number of anilines is 3. The molecule has 0 bridgehead atoms. The van der Waals surface area contributed by atoms with Crippen LogP contribution < -0.4 is 16.0 Å². The van der Waals surface area contributed by atoms with Crippen LogP contribution in [0.4, 0.5) is 26.2 Å². The lowest BCUT2D eigenvalue weighted by Crippen LogP contribution is -2.43. The van der Waals surface area contributed by atoms with E-state index in [0.29, 0.717) is 54.0 Å². The first kappa shape index (κ1) is 24.7. The standard InChI is InChI=1S/C24H28BrFN4O3/c1-2-22(28-19-7-8-21(26)20(25)15-19)23(32)16-9-12-30(13-10-16)24(33)29-18-5-3-17(4-6-18)27-11-14-31/h2-8,15-16,27-28,31H,9-14H2,1H3,(H,29,33)/b22-2-. The summed E-state index contributed by atoms with van der Waals surface area (Å²) in [6.07, 6.45) is 2.86. The summed E-state index contributed by atoms with van der Waals surface area (Å²) in [4.78, 5) is 27.3. The predicted molar refractivity (Wildman–Crippen MR) is 132 cm³/mol. The van der Waals surface area contributed by atoms with Crippen molar-refractivity contribution >= 4 is 44.8 Å². The highest BCUT2D eigenvalue weighted by Crippen LogP contribution is 2.25. The number of carbonyl (C=O) groups excluding carboxylic acids is 2.